The first-order chi connectivity index (χ1) is 12.6. The lowest BCUT2D eigenvalue weighted by atomic mass is 9.93. The van der Waals surface area contributed by atoms with Gasteiger partial charge in [-0.05, 0) is 50.4 Å². The Hall–Kier alpha value is -1.85. The first-order valence-corrected chi connectivity index (χ1v) is 10.2. The summed E-state index contributed by atoms with van der Waals surface area (Å²) in [6, 6.07) is 2.67. The summed E-state index contributed by atoms with van der Waals surface area (Å²) in [5, 5.41) is 6.49. The Balaban J connectivity index is 1.44. The Labute approximate surface area is 157 Å². The molecular weight excluding hydrogens is 326 g/mol. The number of anilines is 2. The molecule has 1 aliphatic heterocycles. The number of piperidine rings is 1. The molecule has 6 heteroatoms. The molecule has 1 saturated carbocycles. The van der Waals surface area contributed by atoms with E-state index in [4.69, 9.17) is 0 Å². The van der Waals surface area contributed by atoms with Crippen LogP contribution in [0.25, 0.3) is 0 Å². The van der Waals surface area contributed by atoms with Gasteiger partial charge in [0.05, 0.1) is 0 Å². The smallest absolute Gasteiger partial charge is 0.220 e. The number of hydrogen-bond acceptors (Lipinski definition) is 5. The van der Waals surface area contributed by atoms with Crippen molar-refractivity contribution in [1.29, 1.82) is 0 Å². The number of rotatable bonds is 9. The van der Waals surface area contributed by atoms with E-state index in [1.807, 2.05) is 0 Å². The predicted octanol–water partition coefficient (Wildman–Crippen LogP) is 3.21. The van der Waals surface area contributed by atoms with Gasteiger partial charge in [-0.1, -0.05) is 13.8 Å². The molecule has 1 saturated heterocycles. The molecule has 1 atom stereocenters. The van der Waals surface area contributed by atoms with E-state index in [0.29, 0.717) is 24.3 Å². The van der Waals surface area contributed by atoms with Gasteiger partial charge in [-0.25, -0.2) is 9.97 Å². The zero-order valence-electron chi connectivity index (χ0n) is 16.2. The second kappa shape index (κ2) is 9.19. The van der Waals surface area contributed by atoms with Crippen LogP contribution >= 0.6 is 0 Å². The van der Waals surface area contributed by atoms with Crippen LogP contribution in [0, 0.1) is 11.8 Å². The summed E-state index contributed by atoms with van der Waals surface area (Å²) in [4.78, 5) is 23.2. The number of amides is 1. The van der Waals surface area contributed by atoms with Gasteiger partial charge >= 0.3 is 0 Å². The van der Waals surface area contributed by atoms with Crippen molar-refractivity contribution in [2.75, 3.05) is 29.9 Å². The second-order valence-electron chi connectivity index (χ2n) is 8.21. The summed E-state index contributed by atoms with van der Waals surface area (Å²) >= 11 is 0. The maximum absolute atomic E-state index is 12.0. The fourth-order valence-corrected chi connectivity index (χ4v) is 3.47. The van der Waals surface area contributed by atoms with Gasteiger partial charge in [0.15, 0.2) is 0 Å². The summed E-state index contributed by atoms with van der Waals surface area (Å²) < 4.78 is 0. The molecule has 1 aromatic heterocycles. The highest BCUT2D eigenvalue weighted by Crippen LogP contribution is 2.27. The minimum Gasteiger partial charge on any atom is -0.367 e. The van der Waals surface area contributed by atoms with E-state index in [1.165, 1.54) is 19.3 Å². The predicted molar refractivity (Wildman–Crippen MR) is 105 cm³/mol. The van der Waals surface area contributed by atoms with E-state index >= 15 is 0 Å². The monoisotopic (exact) mass is 359 g/mol. The summed E-state index contributed by atoms with van der Waals surface area (Å²) in [7, 11) is 0. The molecule has 0 bridgehead atoms. The zero-order valence-corrected chi connectivity index (χ0v) is 16.2. The number of nitrogens with zero attached hydrogens (tertiary/aromatic N) is 3. The van der Waals surface area contributed by atoms with Crippen molar-refractivity contribution in [2.24, 2.45) is 11.8 Å². The molecule has 6 nitrogen and oxygen atoms in total. The number of hydrogen-bond donors (Lipinski definition) is 2. The molecule has 26 heavy (non-hydrogen) atoms. The fraction of sp³-hybridized carbons (Fsp3) is 0.750. The van der Waals surface area contributed by atoms with Crippen LogP contribution in [0.3, 0.4) is 0 Å². The van der Waals surface area contributed by atoms with E-state index in [2.05, 4.69) is 45.4 Å². The summed E-state index contributed by atoms with van der Waals surface area (Å²) in [6.07, 6.45) is 9.15. The Kier molecular flexibility index (Phi) is 6.69. The van der Waals surface area contributed by atoms with Crippen LogP contribution in [0.1, 0.15) is 58.8 Å². The first kappa shape index (κ1) is 18.9. The lowest BCUT2D eigenvalue weighted by Crippen LogP contribution is -2.36. The van der Waals surface area contributed by atoms with E-state index in [-0.39, 0.29) is 5.91 Å². The minimum absolute atomic E-state index is 0.195. The normalized spacial score (nSPS) is 20.3. The number of carbonyl (C=O) groups excluding carboxylic acids is 1. The van der Waals surface area contributed by atoms with Gasteiger partial charge < -0.3 is 15.5 Å². The van der Waals surface area contributed by atoms with Crippen molar-refractivity contribution in [3.05, 3.63) is 12.4 Å². The SMILES string of the molecule is CC(C)CCNC(=O)CCC1CCCN(c2cc(NC3CC3)ncn2)C1. The molecule has 1 amide bonds. The molecule has 0 aromatic carbocycles. The highest BCUT2D eigenvalue weighted by molar-refractivity contribution is 5.75. The van der Waals surface area contributed by atoms with E-state index in [0.717, 1.165) is 50.5 Å². The average Bonchev–Trinajstić information content (AvgIpc) is 3.44. The topological polar surface area (TPSA) is 70.2 Å². The Morgan fingerprint density at radius 1 is 1.31 bits per heavy atom. The van der Waals surface area contributed by atoms with E-state index in [9.17, 15) is 4.79 Å². The summed E-state index contributed by atoms with van der Waals surface area (Å²) in [5.41, 5.74) is 0. The molecule has 3 rings (SSSR count). The maximum atomic E-state index is 12.0. The molecule has 2 fully saturated rings. The standard InChI is InChI=1S/C20H33N5O/c1-15(2)9-10-21-20(26)8-5-16-4-3-11-25(13-16)19-12-18(22-14-23-19)24-17-6-7-17/h12,14-17H,3-11,13H2,1-2H3,(H,21,26)(H,22,23,24). The van der Waals surface area contributed by atoms with Crippen LogP contribution in [0.15, 0.2) is 12.4 Å². The molecular formula is C20H33N5O. The number of carbonyl (C=O) groups is 1. The third-order valence-electron chi connectivity index (χ3n) is 5.25. The molecule has 1 aliphatic carbocycles. The third kappa shape index (κ3) is 6.15. The Morgan fingerprint density at radius 2 is 2.15 bits per heavy atom. The highest BCUT2D eigenvalue weighted by atomic mass is 16.1. The van der Waals surface area contributed by atoms with Crippen molar-refractivity contribution in [2.45, 2.75) is 64.8 Å². The quantitative estimate of drug-likeness (QED) is 0.708. The molecule has 2 aliphatic rings. The maximum Gasteiger partial charge on any atom is 0.220 e. The molecule has 1 unspecified atom stereocenters. The van der Waals surface area contributed by atoms with Crippen LogP contribution in [0.5, 0.6) is 0 Å². The van der Waals surface area contributed by atoms with Gasteiger partial charge in [-0.15, -0.1) is 0 Å². The molecule has 2 heterocycles. The van der Waals surface area contributed by atoms with Gasteiger partial charge in [-0.2, -0.15) is 0 Å². The summed E-state index contributed by atoms with van der Waals surface area (Å²) in [6.45, 7) is 7.18. The molecule has 2 N–H and O–H groups in total. The Bertz CT molecular complexity index is 587. The average molecular weight is 360 g/mol. The number of aromatic nitrogens is 2. The molecule has 144 valence electrons. The lowest BCUT2D eigenvalue weighted by Gasteiger charge is -2.33. The summed E-state index contributed by atoms with van der Waals surface area (Å²) in [5.74, 6) is 3.34. The van der Waals surface area contributed by atoms with Crippen molar-refractivity contribution >= 4 is 17.5 Å². The molecule has 0 radical (unpaired) electrons. The zero-order chi connectivity index (χ0) is 18.4. The van der Waals surface area contributed by atoms with Crippen LogP contribution in [-0.4, -0.2) is 41.6 Å². The van der Waals surface area contributed by atoms with Gasteiger partial charge in [0.2, 0.25) is 5.91 Å². The van der Waals surface area contributed by atoms with Crippen molar-refractivity contribution in [1.82, 2.24) is 15.3 Å². The first-order valence-electron chi connectivity index (χ1n) is 10.2. The fourth-order valence-electron chi connectivity index (χ4n) is 3.47. The van der Waals surface area contributed by atoms with Gasteiger partial charge in [0.1, 0.15) is 18.0 Å². The highest BCUT2D eigenvalue weighted by Gasteiger charge is 2.24. The number of nitrogens with one attached hydrogen (secondary N) is 2. The van der Waals surface area contributed by atoms with Crippen molar-refractivity contribution in [3.8, 4) is 0 Å². The third-order valence-corrected chi connectivity index (χ3v) is 5.25. The van der Waals surface area contributed by atoms with Crippen LogP contribution in [0.2, 0.25) is 0 Å². The van der Waals surface area contributed by atoms with Crippen molar-refractivity contribution < 1.29 is 4.79 Å². The van der Waals surface area contributed by atoms with E-state index < -0.39 is 0 Å². The minimum atomic E-state index is 0.195. The van der Waals surface area contributed by atoms with Crippen LogP contribution in [0.4, 0.5) is 11.6 Å². The largest absolute Gasteiger partial charge is 0.367 e. The van der Waals surface area contributed by atoms with Gasteiger partial charge in [0, 0.05) is 38.2 Å². The van der Waals surface area contributed by atoms with E-state index in [1.54, 1.807) is 6.33 Å². The lowest BCUT2D eigenvalue weighted by molar-refractivity contribution is -0.121. The van der Waals surface area contributed by atoms with Gasteiger partial charge in [0.25, 0.3) is 0 Å². The van der Waals surface area contributed by atoms with Crippen LogP contribution in [-0.2, 0) is 4.79 Å². The van der Waals surface area contributed by atoms with Crippen molar-refractivity contribution in [3.63, 3.8) is 0 Å². The second-order valence-corrected chi connectivity index (χ2v) is 8.21. The van der Waals surface area contributed by atoms with Gasteiger partial charge in [-0.3, -0.25) is 4.79 Å². The molecule has 1 aromatic rings. The molecule has 0 spiro atoms. The Morgan fingerprint density at radius 3 is 2.92 bits per heavy atom. The van der Waals surface area contributed by atoms with Crippen LogP contribution < -0.4 is 15.5 Å².